The molecule has 4 atom stereocenters. The molecule has 2 aliphatic carbocycles. The van der Waals surface area contributed by atoms with Gasteiger partial charge in [-0.1, -0.05) is 34.9 Å². The Labute approximate surface area is 153 Å². The Hall–Kier alpha value is -2.08. The molecule has 7 heteroatoms. The molecule has 1 aromatic rings. The molecule has 0 unspecified atom stereocenters. The van der Waals surface area contributed by atoms with Crippen LogP contribution >= 0.6 is 11.6 Å². The Balaban J connectivity index is 1.76. The van der Waals surface area contributed by atoms with Gasteiger partial charge in [-0.25, -0.2) is 4.90 Å². The first-order valence-electron chi connectivity index (χ1n) is 8.23. The van der Waals surface area contributed by atoms with Crippen molar-refractivity contribution in [1.82, 2.24) is 0 Å². The van der Waals surface area contributed by atoms with Crippen LogP contribution < -0.4 is 4.90 Å². The average molecular weight is 382 g/mol. The van der Waals surface area contributed by atoms with Crippen molar-refractivity contribution in [3.05, 3.63) is 52.1 Å². The number of hydrogen-bond donors (Lipinski definition) is 0. The van der Waals surface area contributed by atoms with E-state index >= 15 is 0 Å². The number of carbonyl (C=O) groups excluding carboxylic acids is 2. The zero-order valence-corrected chi connectivity index (χ0v) is 14.7. The standard InChI is InChI=1S/C19H15ClF3NO2/c1-8(2)14-10-4-5-11(14)16-15(10)17(25)24(18(16)26)9-3-6-13(20)12(7-9)19(21,22)23/h3-7,10-11,15-16H,1-2H3/t10-,11-,15+,16+/m0/s1. The third kappa shape index (κ3) is 2.21. The third-order valence-corrected chi connectivity index (χ3v) is 5.84. The summed E-state index contributed by atoms with van der Waals surface area (Å²) in [5.41, 5.74) is 1.04. The summed E-state index contributed by atoms with van der Waals surface area (Å²) in [5, 5.41) is -0.464. The van der Waals surface area contributed by atoms with Crippen molar-refractivity contribution in [3.63, 3.8) is 0 Å². The maximum atomic E-state index is 13.1. The smallest absolute Gasteiger partial charge is 0.274 e. The van der Waals surface area contributed by atoms with Gasteiger partial charge in [-0.2, -0.15) is 13.2 Å². The van der Waals surface area contributed by atoms with Crippen molar-refractivity contribution < 1.29 is 22.8 Å². The Morgan fingerprint density at radius 1 is 1.04 bits per heavy atom. The van der Waals surface area contributed by atoms with Gasteiger partial charge in [0, 0.05) is 11.8 Å². The molecule has 3 nitrogen and oxygen atoms in total. The monoisotopic (exact) mass is 381 g/mol. The molecule has 3 aliphatic rings. The molecule has 1 aromatic carbocycles. The predicted octanol–water partition coefficient (Wildman–Crippen LogP) is 4.62. The van der Waals surface area contributed by atoms with Gasteiger partial charge < -0.3 is 0 Å². The number of rotatable bonds is 1. The van der Waals surface area contributed by atoms with Crippen molar-refractivity contribution in [2.24, 2.45) is 23.7 Å². The number of imide groups is 1. The number of halogens is 4. The van der Waals surface area contributed by atoms with Crippen molar-refractivity contribution >= 4 is 29.1 Å². The highest BCUT2D eigenvalue weighted by molar-refractivity contribution is 6.31. The highest BCUT2D eigenvalue weighted by Crippen LogP contribution is 2.57. The maximum Gasteiger partial charge on any atom is 0.417 e. The van der Waals surface area contributed by atoms with E-state index < -0.39 is 40.4 Å². The summed E-state index contributed by atoms with van der Waals surface area (Å²) in [6.45, 7) is 3.90. The van der Waals surface area contributed by atoms with Gasteiger partial charge in [0.1, 0.15) is 0 Å². The van der Waals surface area contributed by atoms with Crippen LogP contribution in [-0.4, -0.2) is 11.8 Å². The number of benzene rings is 1. The van der Waals surface area contributed by atoms with E-state index in [9.17, 15) is 22.8 Å². The number of carbonyl (C=O) groups is 2. The van der Waals surface area contributed by atoms with E-state index in [4.69, 9.17) is 11.6 Å². The Bertz CT molecular complexity index is 865. The predicted molar refractivity (Wildman–Crippen MR) is 90.4 cm³/mol. The second-order valence-corrected chi connectivity index (χ2v) is 7.52. The zero-order valence-electron chi connectivity index (χ0n) is 14.0. The zero-order chi connectivity index (χ0) is 19.0. The lowest BCUT2D eigenvalue weighted by Gasteiger charge is -2.20. The summed E-state index contributed by atoms with van der Waals surface area (Å²) in [6.07, 6.45) is -0.789. The van der Waals surface area contributed by atoms with Crippen molar-refractivity contribution in [2.75, 3.05) is 4.90 Å². The van der Waals surface area contributed by atoms with Crippen LogP contribution in [-0.2, 0) is 15.8 Å². The molecule has 2 amide bonds. The number of amides is 2. The van der Waals surface area contributed by atoms with E-state index in [1.807, 2.05) is 26.0 Å². The van der Waals surface area contributed by atoms with E-state index in [-0.39, 0.29) is 17.5 Å². The summed E-state index contributed by atoms with van der Waals surface area (Å²) in [7, 11) is 0. The third-order valence-electron chi connectivity index (χ3n) is 5.51. The van der Waals surface area contributed by atoms with E-state index in [0.29, 0.717) is 0 Å². The topological polar surface area (TPSA) is 37.4 Å². The van der Waals surface area contributed by atoms with Gasteiger partial charge in [0.25, 0.3) is 0 Å². The van der Waals surface area contributed by atoms with E-state index in [0.717, 1.165) is 28.2 Å². The Morgan fingerprint density at radius 2 is 1.58 bits per heavy atom. The minimum absolute atomic E-state index is 0.0794. The summed E-state index contributed by atoms with van der Waals surface area (Å²) in [4.78, 5) is 26.8. The quantitative estimate of drug-likeness (QED) is 0.526. The first kappa shape index (κ1) is 17.3. The fourth-order valence-corrected chi connectivity index (χ4v) is 4.78. The fourth-order valence-electron chi connectivity index (χ4n) is 4.55. The first-order chi connectivity index (χ1) is 12.1. The van der Waals surface area contributed by atoms with Gasteiger partial charge in [-0.05, 0) is 32.0 Å². The van der Waals surface area contributed by atoms with E-state index in [2.05, 4.69) is 0 Å². The second kappa shape index (κ2) is 5.46. The van der Waals surface area contributed by atoms with Gasteiger partial charge in [0.05, 0.1) is 28.1 Å². The van der Waals surface area contributed by atoms with Gasteiger partial charge in [0.15, 0.2) is 0 Å². The lowest BCUT2D eigenvalue weighted by molar-refractivity contribution is -0.137. The molecule has 1 saturated carbocycles. The maximum absolute atomic E-state index is 13.1. The summed E-state index contributed by atoms with van der Waals surface area (Å²) in [6, 6.07) is 3.13. The molecule has 0 aromatic heterocycles. The van der Waals surface area contributed by atoms with Crippen LogP contribution in [0.4, 0.5) is 18.9 Å². The van der Waals surface area contributed by atoms with Crippen molar-refractivity contribution in [2.45, 2.75) is 20.0 Å². The molecule has 1 heterocycles. The van der Waals surface area contributed by atoms with Crippen LogP contribution in [0.5, 0.6) is 0 Å². The van der Waals surface area contributed by atoms with Gasteiger partial charge in [-0.3, -0.25) is 9.59 Å². The molecule has 136 valence electrons. The van der Waals surface area contributed by atoms with E-state index in [1.165, 1.54) is 6.07 Å². The van der Waals surface area contributed by atoms with Gasteiger partial charge in [-0.15, -0.1) is 0 Å². The molecule has 1 saturated heterocycles. The Kier molecular flexibility index (Phi) is 3.64. The Morgan fingerprint density at radius 3 is 2.04 bits per heavy atom. The molecule has 2 bridgehead atoms. The number of fused-ring (bicyclic) bond motifs is 5. The molecule has 26 heavy (non-hydrogen) atoms. The number of allylic oxidation sites excluding steroid dienone is 4. The highest BCUT2D eigenvalue weighted by atomic mass is 35.5. The van der Waals surface area contributed by atoms with Crippen LogP contribution in [0.3, 0.4) is 0 Å². The van der Waals surface area contributed by atoms with Crippen LogP contribution in [0.1, 0.15) is 19.4 Å². The van der Waals surface area contributed by atoms with Crippen molar-refractivity contribution in [3.8, 4) is 0 Å². The molecular formula is C19H15ClF3NO2. The fraction of sp³-hybridized carbons (Fsp3) is 0.368. The molecule has 2 fully saturated rings. The molecule has 4 rings (SSSR count). The van der Waals surface area contributed by atoms with Gasteiger partial charge >= 0.3 is 6.18 Å². The summed E-state index contributed by atoms with van der Waals surface area (Å²) < 4.78 is 39.4. The molecule has 1 aliphatic heterocycles. The SMILES string of the molecule is CC(C)=C1[C@@H]2C=C[C@@H]1[C@H]1C(=O)N(c3ccc(Cl)c(C(F)(F)F)c3)C(=O)[C@@H]12. The number of hydrogen-bond acceptors (Lipinski definition) is 2. The first-order valence-corrected chi connectivity index (χ1v) is 8.61. The largest absolute Gasteiger partial charge is 0.417 e. The van der Waals surface area contributed by atoms with Crippen LogP contribution in [0.15, 0.2) is 41.5 Å². The molecule has 0 spiro atoms. The lowest BCUT2D eigenvalue weighted by atomic mass is 9.85. The number of anilines is 1. The molecule has 0 N–H and O–H groups in total. The number of alkyl halides is 3. The number of nitrogens with zero attached hydrogens (tertiary/aromatic N) is 1. The minimum atomic E-state index is -4.66. The van der Waals surface area contributed by atoms with Crippen LogP contribution in [0.2, 0.25) is 5.02 Å². The van der Waals surface area contributed by atoms with Crippen molar-refractivity contribution in [1.29, 1.82) is 0 Å². The van der Waals surface area contributed by atoms with Gasteiger partial charge in [0.2, 0.25) is 11.8 Å². The summed E-state index contributed by atoms with van der Waals surface area (Å²) in [5.74, 6) is -2.24. The molecule has 0 radical (unpaired) electrons. The van der Waals surface area contributed by atoms with Crippen LogP contribution in [0.25, 0.3) is 0 Å². The van der Waals surface area contributed by atoms with E-state index in [1.54, 1.807) is 0 Å². The van der Waals surface area contributed by atoms with Crippen LogP contribution in [0, 0.1) is 23.7 Å². The molecular weight excluding hydrogens is 367 g/mol. The average Bonchev–Trinajstić information content (AvgIpc) is 3.17. The highest BCUT2D eigenvalue weighted by Gasteiger charge is 2.62. The minimum Gasteiger partial charge on any atom is -0.274 e. The lowest BCUT2D eigenvalue weighted by Crippen LogP contribution is -2.33. The summed E-state index contributed by atoms with van der Waals surface area (Å²) >= 11 is 5.64. The normalized spacial score (nSPS) is 29.8. The second-order valence-electron chi connectivity index (χ2n) is 7.12.